The van der Waals surface area contributed by atoms with Crippen molar-refractivity contribution in [2.75, 3.05) is 31.1 Å². The van der Waals surface area contributed by atoms with Gasteiger partial charge in [0.1, 0.15) is 5.82 Å². The van der Waals surface area contributed by atoms with E-state index in [1.807, 2.05) is 36.9 Å². The van der Waals surface area contributed by atoms with Crippen molar-refractivity contribution in [2.24, 2.45) is 0 Å². The minimum absolute atomic E-state index is 0.0647. The molecule has 126 valence electrons. The fraction of sp³-hybridized carbons (Fsp3) is 0.316. The molecule has 0 N–H and O–H groups in total. The molecule has 0 saturated carbocycles. The largest absolute Gasteiger partial charge is 0.368 e. The van der Waals surface area contributed by atoms with E-state index in [0.29, 0.717) is 26.2 Å². The number of carbonyl (C=O) groups is 1. The van der Waals surface area contributed by atoms with Crippen LogP contribution in [0.5, 0.6) is 0 Å². The SMILES string of the molecule is Cc1ccc(C(=O)N2CCN(c3ccc(F)c(Cl)c3)CC2)cc1C. The number of piperazine rings is 1. The maximum absolute atomic E-state index is 13.3. The molecule has 1 aliphatic rings. The molecule has 1 heterocycles. The molecule has 0 radical (unpaired) electrons. The Labute approximate surface area is 146 Å². The molecule has 0 aliphatic carbocycles. The van der Waals surface area contributed by atoms with Crippen molar-refractivity contribution >= 4 is 23.2 Å². The van der Waals surface area contributed by atoms with Crippen LogP contribution in [0.4, 0.5) is 10.1 Å². The van der Waals surface area contributed by atoms with E-state index in [2.05, 4.69) is 4.90 Å². The van der Waals surface area contributed by atoms with E-state index >= 15 is 0 Å². The molecular formula is C19H20ClFN2O. The lowest BCUT2D eigenvalue weighted by Gasteiger charge is -2.36. The quantitative estimate of drug-likeness (QED) is 0.818. The molecule has 0 aromatic heterocycles. The maximum Gasteiger partial charge on any atom is 0.253 e. The van der Waals surface area contributed by atoms with E-state index < -0.39 is 5.82 Å². The second-order valence-electron chi connectivity index (χ2n) is 6.18. The third-order valence-electron chi connectivity index (χ3n) is 4.59. The summed E-state index contributed by atoms with van der Waals surface area (Å²) in [6.45, 7) is 6.75. The maximum atomic E-state index is 13.3. The zero-order valence-electron chi connectivity index (χ0n) is 13.9. The Bertz CT molecular complexity index is 770. The molecule has 3 nitrogen and oxygen atoms in total. The number of hydrogen-bond donors (Lipinski definition) is 0. The van der Waals surface area contributed by atoms with Gasteiger partial charge in [-0.1, -0.05) is 17.7 Å². The molecule has 2 aromatic carbocycles. The summed E-state index contributed by atoms with van der Waals surface area (Å²) in [6.07, 6.45) is 0. The Balaban J connectivity index is 1.66. The Morgan fingerprint density at radius 1 is 1.00 bits per heavy atom. The van der Waals surface area contributed by atoms with Gasteiger partial charge in [0, 0.05) is 37.4 Å². The summed E-state index contributed by atoms with van der Waals surface area (Å²) in [5.74, 6) is -0.348. The lowest BCUT2D eigenvalue weighted by molar-refractivity contribution is 0.0746. The van der Waals surface area contributed by atoms with Gasteiger partial charge in [0.2, 0.25) is 0 Å². The van der Waals surface area contributed by atoms with Crippen LogP contribution in [-0.4, -0.2) is 37.0 Å². The number of benzene rings is 2. The van der Waals surface area contributed by atoms with E-state index in [-0.39, 0.29) is 10.9 Å². The topological polar surface area (TPSA) is 23.6 Å². The molecule has 0 bridgehead atoms. The molecule has 3 rings (SSSR count). The van der Waals surface area contributed by atoms with Crippen LogP contribution in [0, 0.1) is 19.7 Å². The number of carbonyl (C=O) groups excluding carboxylic acids is 1. The minimum atomic E-state index is -0.413. The highest BCUT2D eigenvalue weighted by Gasteiger charge is 2.22. The zero-order valence-corrected chi connectivity index (χ0v) is 14.6. The van der Waals surface area contributed by atoms with E-state index in [9.17, 15) is 9.18 Å². The molecule has 0 atom stereocenters. The molecule has 5 heteroatoms. The molecule has 1 aliphatic heterocycles. The van der Waals surface area contributed by atoms with Crippen molar-refractivity contribution in [3.8, 4) is 0 Å². The highest BCUT2D eigenvalue weighted by atomic mass is 35.5. The second-order valence-corrected chi connectivity index (χ2v) is 6.58. The van der Waals surface area contributed by atoms with E-state index in [0.717, 1.165) is 16.8 Å². The predicted octanol–water partition coefficient (Wildman–Crippen LogP) is 4.06. The Kier molecular flexibility index (Phi) is 4.76. The van der Waals surface area contributed by atoms with Gasteiger partial charge in [-0.25, -0.2) is 4.39 Å². The number of anilines is 1. The Morgan fingerprint density at radius 2 is 1.71 bits per heavy atom. The smallest absolute Gasteiger partial charge is 0.253 e. The van der Waals surface area contributed by atoms with Crippen LogP contribution >= 0.6 is 11.6 Å². The van der Waals surface area contributed by atoms with Crippen LogP contribution in [0.25, 0.3) is 0 Å². The van der Waals surface area contributed by atoms with Crippen molar-refractivity contribution in [3.63, 3.8) is 0 Å². The van der Waals surface area contributed by atoms with Crippen molar-refractivity contribution in [2.45, 2.75) is 13.8 Å². The van der Waals surface area contributed by atoms with E-state index in [1.54, 1.807) is 12.1 Å². The van der Waals surface area contributed by atoms with Crippen LogP contribution in [0.15, 0.2) is 36.4 Å². The first kappa shape index (κ1) is 16.8. The van der Waals surface area contributed by atoms with Crippen LogP contribution in [-0.2, 0) is 0 Å². The van der Waals surface area contributed by atoms with Gasteiger partial charge in [0.05, 0.1) is 5.02 Å². The number of amides is 1. The first-order chi connectivity index (χ1) is 11.5. The normalized spacial score (nSPS) is 14.8. The molecule has 1 fully saturated rings. The summed E-state index contributed by atoms with van der Waals surface area (Å²) in [4.78, 5) is 16.6. The summed E-state index contributed by atoms with van der Waals surface area (Å²) in [5, 5.41) is 0.126. The third-order valence-corrected chi connectivity index (χ3v) is 4.88. The number of aryl methyl sites for hydroxylation is 2. The van der Waals surface area contributed by atoms with Crippen LogP contribution in [0.2, 0.25) is 5.02 Å². The predicted molar refractivity (Wildman–Crippen MR) is 95.4 cm³/mol. The average Bonchev–Trinajstić information content (AvgIpc) is 2.59. The second kappa shape index (κ2) is 6.81. The van der Waals surface area contributed by atoms with E-state index in [1.165, 1.54) is 11.6 Å². The summed E-state index contributed by atoms with van der Waals surface area (Å²) < 4.78 is 13.3. The first-order valence-electron chi connectivity index (χ1n) is 8.02. The van der Waals surface area contributed by atoms with Crippen LogP contribution in [0.1, 0.15) is 21.5 Å². The number of rotatable bonds is 2. The lowest BCUT2D eigenvalue weighted by atomic mass is 10.1. The van der Waals surface area contributed by atoms with Gasteiger partial charge in [0.25, 0.3) is 5.91 Å². The Morgan fingerprint density at radius 3 is 2.33 bits per heavy atom. The Hall–Kier alpha value is -2.07. The molecule has 1 saturated heterocycles. The fourth-order valence-electron chi connectivity index (χ4n) is 2.91. The van der Waals surface area contributed by atoms with Crippen LogP contribution < -0.4 is 4.90 Å². The monoisotopic (exact) mass is 346 g/mol. The summed E-state index contributed by atoms with van der Waals surface area (Å²) >= 11 is 5.85. The number of halogens is 2. The molecular weight excluding hydrogens is 327 g/mol. The van der Waals surface area contributed by atoms with Gasteiger partial charge in [-0.05, 0) is 55.3 Å². The van der Waals surface area contributed by atoms with Gasteiger partial charge in [-0.15, -0.1) is 0 Å². The van der Waals surface area contributed by atoms with E-state index in [4.69, 9.17) is 11.6 Å². The van der Waals surface area contributed by atoms with Gasteiger partial charge in [0.15, 0.2) is 0 Å². The lowest BCUT2D eigenvalue weighted by Crippen LogP contribution is -2.48. The first-order valence-corrected chi connectivity index (χ1v) is 8.40. The summed E-state index contributed by atoms with van der Waals surface area (Å²) in [5.41, 5.74) is 3.93. The van der Waals surface area contributed by atoms with Crippen molar-refractivity contribution in [1.82, 2.24) is 4.90 Å². The van der Waals surface area contributed by atoms with Crippen molar-refractivity contribution < 1.29 is 9.18 Å². The highest BCUT2D eigenvalue weighted by molar-refractivity contribution is 6.31. The fourth-order valence-corrected chi connectivity index (χ4v) is 3.08. The summed E-state index contributed by atoms with van der Waals surface area (Å²) in [6, 6.07) is 10.6. The van der Waals surface area contributed by atoms with Crippen molar-refractivity contribution in [1.29, 1.82) is 0 Å². The van der Waals surface area contributed by atoms with Gasteiger partial charge in [-0.2, -0.15) is 0 Å². The van der Waals surface area contributed by atoms with Crippen molar-refractivity contribution in [3.05, 3.63) is 63.9 Å². The average molecular weight is 347 g/mol. The standard InChI is InChI=1S/C19H20ClFN2O/c1-13-3-4-15(11-14(13)2)19(24)23-9-7-22(8-10-23)16-5-6-18(21)17(20)12-16/h3-6,11-12H,7-10H2,1-2H3. The zero-order chi connectivity index (χ0) is 17.3. The number of hydrogen-bond acceptors (Lipinski definition) is 2. The minimum Gasteiger partial charge on any atom is -0.368 e. The summed E-state index contributed by atoms with van der Waals surface area (Å²) in [7, 11) is 0. The molecule has 2 aromatic rings. The van der Waals surface area contributed by atoms with Gasteiger partial charge < -0.3 is 9.80 Å². The number of nitrogens with zero attached hydrogens (tertiary/aromatic N) is 2. The third kappa shape index (κ3) is 3.39. The molecule has 0 spiro atoms. The highest BCUT2D eigenvalue weighted by Crippen LogP contribution is 2.24. The van der Waals surface area contributed by atoms with Gasteiger partial charge in [-0.3, -0.25) is 4.79 Å². The molecule has 0 unspecified atom stereocenters. The van der Waals surface area contributed by atoms with Crippen LogP contribution in [0.3, 0.4) is 0 Å². The molecule has 24 heavy (non-hydrogen) atoms. The van der Waals surface area contributed by atoms with Gasteiger partial charge >= 0.3 is 0 Å². The molecule has 1 amide bonds.